The Morgan fingerprint density at radius 3 is 2.82 bits per heavy atom. The minimum Gasteiger partial charge on any atom is -0.444 e. The van der Waals surface area contributed by atoms with Crippen LogP contribution in [0.15, 0.2) is 17.5 Å². The Hall–Kier alpha value is -1.47. The van der Waals surface area contributed by atoms with Gasteiger partial charge in [0.25, 0.3) is 0 Å². The summed E-state index contributed by atoms with van der Waals surface area (Å²) in [6.45, 7) is 5.48. The molecular formula is C13H17NO2S. The number of carbonyl (C=O) groups excluding carboxylic acids is 1. The molecule has 3 nitrogen and oxygen atoms in total. The van der Waals surface area contributed by atoms with Gasteiger partial charge in [0.1, 0.15) is 5.60 Å². The van der Waals surface area contributed by atoms with E-state index in [1.807, 2.05) is 38.3 Å². The number of ether oxygens (including phenoxy) is 1. The van der Waals surface area contributed by atoms with Crippen LogP contribution >= 0.6 is 11.3 Å². The monoisotopic (exact) mass is 251 g/mol. The van der Waals surface area contributed by atoms with Crippen LogP contribution in [0, 0.1) is 12.3 Å². The van der Waals surface area contributed by atoms with Crippen LogP contribution in [0.2, 0.25) is 0 Å². The zero-order valence-corrected chi connectivity index (χ0v) is 11.1. The number of rotatable bonds is 3. The molecule has 1 heterocycles. The normalized spacial score (nSPS) is 12.6. The molecule has 0 spiro atoms. The first-order valence-electron chi connectivity index (χ1n) is 5.39. The van der Waals surface area contributed by atoms with Crippen molar-refractivity contribution in [3.05, 3.63) is 22.4 Å². The minimum atomic E-state index is -0.500. The lowest BCUT2D eigenvalue weighted by Crippen LogP contribution is -2.34. The fourth-order valence-electron chi connectivity index (χ4n) is 1.28. The summed E-state index contributed by atoms with van der Waals surface area (Å²) in [5, 5.41) is 4.74. The van der Waals surface area contributed by atoms with Gasteiger partial charge in [-0.15, -0.1) is 23.7 Å². The molecule has 4 heteroatoms. The van der Waals surface area contributed by atoms with E-state index in [1.54, 1.807) is 11.3 Å². The average Bonchev–Trinajstić information content (AvgIpc) is 2.66. The summed E-state index contributed by atoms with van der Waals surface area (Å²) in [7, 11) is 0. The molecule has 0 fully saturated rings. The predicted octanol–water partition coefficient (Wildman–Crippen LogP) is 3.34. The van der Waals surface area contributed by atoms with Crippen LogP contribution in [0.3, 0.4) is 0 Å². The van der Waals surface area contributed by atoms with Gasteiger partial charge >= 0.3 is 6.09 Å². The van der Waals surface area contributed by atoms with Gasteiger partial charge in [-0.2, -0.15) is 0 Å². The smallest absolute Gasteiger partial charge is 0.408 e. The van der Waals surface area contributed by atoms with Gasteiger partial charge in [0.05, 0.1) is 6.04 Å². The number of terminal acetylenes is 1. The zero-order valence-electron chi connectivity index (χ0n) is 10.3. The Bertz CT molecular complexity index is 398. The standard InChI is InChI=1S/C13H17NO2S/c1-5-7-10(11-8-6-9-17-11)14-12(15)16-13(2,3)4/h1,6,8-10H,7H2,2-4H3,(H,14,15). The number of alkyl carbamates (subject to hydrolysis) is 1. The van der Waals surface area contributed by atoms with Crippen LogP contribution in [-0.2, 0) is 4.74 Å². The molecule has 0 radical (unpaired) electrons. The highest BCUT2D eigenvalue weighted by Crippen LogP contribution is 2.22. The molecule has 92 valence electrons. The molecule has 17 heavy (non-hydrogen) atoms. The van der Waals surface area contributed by atoms with E-state index < -0.39 is 11.7 Å². The first-order valence-corrected chi connectivity index (χ1v) is 6.27. The van der Waals surface area contributed by atoms with Crippen molar-refractivity contribution in [2.45, 2.75) is 38.8 Å². The van der Waals surface area contributed by atoms with Gasteiger partial charge in [-0.25, -0.2) is 4.79 Å². The van der Waals surface area contributed by atoms with E-state index in [0.29, 0.717) is 6.42 Å². The number of thiophene rings is 1. The molecule has 0 aliphatic carbocycles. The third-order valence-electron chi connectivity index (χ3n) is 1.90. The quantitative estimate of drug-likeness (QED) is 0.837. The molecule has 0 aliphatic rings. The summed E-state index contributed by atoms with van der Waals surface area (Å²) in [6.07, 6.45) is 5.32. The first kappa shape index (κ1) is 13.6. The molecule has 0 bridgehead atoms. The maximum atomic E-state index is 11.6. The lowest BCUT2D eigenvalue weighted by atomic mass is 10.2. The summed E-state index contributed by atoms with van der Waals surface area (Å²) in [5.41, 5.74) is -0.500. The van der Waals surface area contributed by atoms with Gasteiger partial charge in [-0.3, -0.25) is 0 Å². The number of hydrogen-bond acceptors (Lipinski definition) is 3. The van der Waals surface area contributed by atoms with Crippen LogP contribution in [0.4, 0.5) is 4.79 Å². The van der Waals surface area contributed by atoms with Gasteiger partial charge in [0.2, 0.25) is 0 Å². The first-order chi connectivity index (χ1) is 7.92. The second kappa shape index (κ2) is 5.74. The van der Waals surface area contributed by atoms with Gasteiger partial charge in [-0.1, -0.05) is 6.07 Å². The largest absolute Gasteiger partial charge is 0.444 e. The van der Waals surface area contributed by atoms with Crippen LogP contribution in [0.1, 0.15) is 38.1 Å². The zero-order chi connectivity index (χ0) is 12.9. The summed E-state index contributed by atoms with van der Waals surface area (Å²) in [5.74, 6) is 2.56. The van der Waals surface area contributed by atoms with E-state index in [0.717, 1.165) is 4.88 Å². The second-order valence-electron chi connectivity index (χ2n) is 4.62. The van der Waals surface area contributed by atoms with Crippen molar-refractivity contribution in [1.82, 2.24) is 5.32 Å². The summed E-state index contributed by atoms with van der Waals surface area (Å²) < 4.78 is 5.20. The van der Waals surface area contributed by atoms with Crippen molar-refractivity contribution in [3.63, 3.8) is 0 Å². The van der Waals surface area contributed by atoms with E-state index in [2.05, 4.69) is 11.2 Å². The fraction of sp³-hybridized carbons (Fsp3) is 0.462. The number of nitrogens with one attached hydrogen (secondary N) is 1. The Labute approximate surface area is 106 Å². The lowest BCUT2D eigenvalue weighted by molar-refractivity contribution is 0.0505. The predicted molar refractivity (Wildman–Crippen MR) is 69.9 cm³/mol. The molecule has 1 amide bonds. The van der Waals surface area contributed by atoms with Crippen molar-refractivity contribution in [2.75, 3.05) is 0 Å². The minimum absolute atomic E-state index is 0.171. The van der Waals surface area contributed by atoms with Crippen LogP contribution in [0.5, 0.6) is 0 Å². The molecule has 0 aromatic carbocycles. The van der Waals surface area contributed by atoms with Gasteiger partial charge < -0.3 is 10.1 Å². The maximum Gasteiger partial charge on any atom is 0.408 e. The maximum absolute atomic E-state index is 11.6. The Balaban J connectivity index is 2.63. The third-order valence-corrected chi connectivity index (χ3v) is 2.89. The van der Waals surface area contributed by atoms with Crippen LogP contribution in [0.25, 0.3) is 0 Å². The molecule has 1 atom stereocenters. The fourth-order valence-corrected chi connectivity index (χ4v) is 2.06. The number of hydrogen-bond donors (Lipinski definition) is 1. The Morgan fingerprint density at radius 1 is 1.65 bits per heavy atom. The number of carbonyl (C=O) groups is 1. The van der Waals surface area contributed by atoms with E-state index >= 15 is 0 Å². The molecule has 1 aromatic rings. The van der Waals surface area contributed by atoms with Crippen molar-refractivity contribution in [3.8, 4) is 12.3 Å². The van der Waals surface area contributed by atoms with E-state index in [9.17, 15) is 4.79 Å². The van der Waals surface area contributed by atoms with Crippen molar-refractivity contribution in [1.29, 1.82) is 0 Å². The van der Waals surface area contributed by atoms with Crippen LogP contribution < -0.4 is 5.32 Å². The third kappa shape index (κ3) is 4.92. The highest BCUT2D eigenvalue weighted by molar-refractivity contribution is 7.10. The highest BCUT2D eigenvalue weighted by atomic mass is 32.1. The molecule has 0 saturated heterocycles. The number of amides is 1. The van der Waals surface area contributed by atoms with Crippen molar-refractivity contribution in [2.24, 2.45) is 0 Å². The molecule has 1 unspecified atom stereocenters. The van der Waals surface area contributed by atoms with Gasteiger partial charge in [0.15, 0.2) is 0 Å². The second-order valence-corrected chi connectivity index (χ2v) is 5.60. The van der Waals surface area contributed by atoms with E-state index in [-0.39, 0.29) is 6.04 Å². The highest BCUT2D eigenvalue weighted by Gasteiger charge is 2.20. The SMILES string of the molecule is C#CCC(NC(=O)OC(C)(C)C)c1cccs1. The van der Waals surface area contributed by atoms with Crippen LogP contribution in [-0.4, -0.2) is 11.7 Å². The van der Waals surface area contributed by atoms with Gasteiger partial charge in [0, 0.05) is 11.3 Å². The molecular weight excluding hydrogens is 234 g/mol. The summed E-state index contributed by atoms with van der Waals surface area (Å²) in [6, 6.07) is 3.71. The molecule has 0 aliphatic heterocycles. The van der Waals surface area contributed by atoms with E-state index in [1.165, 1.54) is 0 Å². The molecule has 0 saturated carbocycles. The average molecular weight is 251 g/mol. The van der Waals surface area contributed by atoms with E-state index in [4.69, 9.17) is 11.2 Å². The summed E-state index contributed by atoms with van der Waals surface area (Å²) in [4.78, 5) is 12.7. The molecule has 1 aromatic heterocycles. The molecule has 1 rings (SSSR count). The van der Waals surface area contributed by atoms with Crippen molar-refractivity contribution >= 4 is 17.4 Å². The Kier molecular flexibility index (Phi) is 4.59. The van der Waals surface area contributed by atoms with Crippen molar-refractivity contribution < 1.29 is 9.53 Å². The Morgan fingerprint density at radius 2 is 2.35 bits per heavy atom. The lowest BCUT2D eigenvalue weighted by Gasteiger charge is -2.22. The molecule has 1 N–H and O–H groups in total. The summed E-state index contributed by atoms with van der Waals surface area (Å²) >= 11 is 1.57. The van der Waals surface area contributed by atoms with Gasteiger partial charge in [-0.05, 0) is 32.2 Å². The topological polar surface area (TPSA) is 38.3 Å².